The van der Waals surface area contributed by atoms with Crippen LogP contribution in [-0.4, -0.2) is 26.2 Å². The van der Waals surface area contributed by atoms with E-state index in [0.717, 1.165) is 26.4 Å². The summed E-state index contributed by atoms with van der Waals surface area (Å²) in [5.41, 5.74) is 3.17. The van der Waals surface area contributed by atoms with Gasteiger partial charge < -0.3 is 15.2 Å². The lowest BCUT2D eigenvalue weighted by Gasteiger charge is -2.37. The molecule has 1 atom stereocenters. The minimum Gasteiger partial charge on any atom is -0.466 e. The summed E-state index contributed by atoms with van der Waals surface area (Å²) in [6.07, 6.45) is -4.96. The highest BCUT2D eigenvalue weighted by molar-refractivity contribution is 9.10. The number of hydrogen-bond donors (Lipinski definition) is 1. The third kappa shape index (κ3) is 4.72. The molecule has 2 aromatic rings. The van der Waals surface area contributed by atoms with Crippen molar-refractivity contribution in [3.63, 3.8) is 0 Å². The van der Waals surface area contributed by atoms with Gasteiger partial charge in [0.15, 0.2) is 0 Å². The molecule has 0 spiro atoms. The quantitative estimate of drug-likeness (QED) is 0.515. The predicted molar refractivity (Wildman–Crippen MR) is 124 cm³/mol. The zero-order valence-electron chi connectivity index (χ0n) is 18.1. The molecule has 0 aliphatic carbocycles. The molecule has 2 N–H and O–H groups in total. The molecule has 1 unspecified atom stereocenters. The van der Waals surface area contributed by atoms with Crippen molar-refractivity contribution < 1.29 is 32.2 Å². The summed E-state index contributed by atoms with van der Waals surface area (Å²) in [4.78, 5) is 26.6. The number of hydrogen-bond acceptors (Lipinski definition) is 7. The van der Waals surface area contributed by atoms with E-state index in [0.29, 0.717) is 10.5 Å². The number of ether oxygens (including phenoxy) is 2. The first-order valence-electron chi connectivity index (χ1n) is 9.69. The number of nitrogens with two attached hydrogens (primary N) is 1. The Hall–Kier alpha value is -3.49. The molecule has 182 valence electrons. The summed E-state index contributed by atoms with van der Waals surface area (Å²) < 4.78 is 51.9. The molecule has 0 amide bonds. The van der Waals surface area contributed by atoms with E-state index in [4.69, 9.17) is 26.8 Å². The van der Waals surface area contributed by atoms with E-state index in [-0.39, 0.29) is 10.0 Å². The molecule has 0 radical (unpaired) electrons. The van der Waals surface area contributed by atoms with Gasteiger partial charge in [0, 0.05) is 4.47 Å². The Labute approximate surface area is 211 Å². The molecule has 0 saturated heterocycles. The van der Waals surface area contributed by atoms with Gasteiger partial charge in [-0.15, -0.1) is 0 Å². The maximum Gasteiger partial charge on any atom is 0.418 e. The Bertz CT molecular complexity index is 1300. The Balaban J connectivity index is 2.54. The second-order valence-electron chi connectivity index (χ2n) is 7.12. The van der Waals surface area contributed by atoms with E-state index < -0.39 is 57.4 Å². The molecule has 3 rings (SSSR count). The molecule has 1 aliphatic rings. The Morgan fingerprint density at radius 1 is 1.14 bits per heavy atom. The van der Waals surface area contributed by atoms with Crippen LogP contribution in [0.5, 0.6) is 0 Å². The van der Waals surface area contributed by atoms with Crippen molar-refractivity contribution in [1.82, 2.24) is 0 Å². The lowest BCUT2D eigenvalue weighted by Crippen LogP contribution is -2.41. The van der Waals surface area contributed by atoms with Crippen molar-refractivity contribution in [1.29, 1.82) is 5.26 Å². The SMILES string of the molecule is COC(=O)C1=C(C(=O)OC)N(c2c(Cl)cc(Br)cc2C(F)(F)F)C(N)=C(C#N)C1c1ccccc1. The molecule has 0 aromatic heterocycles. The summed E-state index contributed by atoms with van der Waals surface area (Å²) in [6.45, 7) is 0. The molecule has 0 bridgehead atoms. The van der Waals surface area contributed by atoms with Crippen LogP contribution in [0.15, 0.2) is 69.6 Å². The van der Waals surface area contributed by atoms with Crippen LogP contribution in [-0.2, 0) is 25.2 Å². The third-order valence-electron chi connectivity index (χ3n) is 5.17. The average Bonchev–Trinajstić information content (AvgIpc) is 2.82. The van der Waals surface area contributed by atoms with Gasteiger partial charge in [0.25, 0.3) is 0 Å². The second kappa shape index (κ2) is 10.0. The summed E-state index contributed by atoms with van der Waals surface area (Å²) in [7, 11) is 2.01. The van der Waals surface area contributed by atoms with E-state index in [2.05, 4.69) is 15.9 Å². The highest BCUT2D eigenvalue weighted by Crippen LogP contribution is 2.49. The molecule has 2 aromatic carbocycles. The van der Waals surface area contributed by atoms with Crippen molar-refractivity contribution in [2.45, 2.75) is 12.1 Å². The fraction of sp³-hybridized carbons (Fsp3) is 0.174. The standard InChI is InChI=1S/C23H16BrClF3N3O4/c1-34-21(32)17-16(11-6-4-3-5-7-11)13(10-29)20(30)31(19(17)22(33)35-2)18-14(23(26,27)28)8-12(24)9-15(18)25/h3-9,16H,30H2,1-2H3. The van der Waals surface area contributed by atoms with Crippen molar-refractivity contribution in [2.75, 3.05) is 19.1 Å². The van der Waals surface area contributed by atoms with Crippen LogP contribution >= 0.6 is 27.5 Å². The molecule has 12 heteroatoms. The van der Waals surface area contributed by atoms with Crippen LogP contribution in [0.2, 0.25) is 5.02 Å². The lowest BCUT2D eigenvalue weighted by atomic mass is 9.80. The Morgan fingerprint density at radius 2 is 1.74 bits per heavy atom. The first-order valence-corrected chi connectivity index (χ1v) is 10.9. The molecule has 0 saturated carbocycles. The van der Waals surface area contributed by atoms with Crippen LogP contribution in [0.3, 0.4) is 0 Å². The van der Waals surface area contributed by atoms with Crippen LogP contribution in [0.1, 0.15) is 17.0 Å². The maximum atomic E-state index is 14.1. The Kier molecular flexibility index (Phi) is 7.47. The van der Waals surface area contributed by atoms with E-state index >= 15 is 0 Å². The van der Waals surface area contributed by atoms with Gasteiger partial charge in [-0.3, -0.25) is 4.90 Å². The summed E-state index contributed by atoms with van der Waals surface area (Å²) in [5, 5.41) is 9.52. The van der Waals surface area contributed by atoms with Crippen molar-refractivity contribution in [3.8, 4) is 6.07 Å². The minimum absolute atomic E-state index is 0.00223. The van der Waals surface area contributed by atoms with E-state index in [1.165, 1.54) is 0 Å². The topological polar surface area (TPSA) is 106 Å². The summed E-state index contributed by atoms with van der Waals surface area (Å²) in [5.74, 6) is -4.05. The summed E-state index contributed by atoms with van der Waals surface area (Å²) in [6, 6.07) is 11.8. The number of halogens is 5. The number of carbonyl (C=O) groups is 2. The zero-order valence-corrected chi connectivity index (χ0v) is 20.5. The monoisotopic (exact) mass is 569 g/mol. The van der Waals surface area contributed by atoms with E-state index in [1.54, 1.807) is 30.3 Å². The lowest BCUT2D eigenvalue weighted by molar-refractivity contribution is -0.139. The molecular weight excluding hydrogens is 555 g/mol. The molecule has 1 aliphatic heterocycles. The largest absolute Gasteiger partial charge is 0.466 e. The first kappa shape index (κ1) is 26.1. The molecule has 35 heavy (non-hydrogen) atoms. The number of benzene rings is 2. The van der Waals surface area contributed by atoms with Gasteiger partial charge in [0.05, 0.1) is 53.6 Å². The zero-order chi connectivity index (χ0) is 26.1. The average molecular weight is 571 g/mol. The van der Waals surface area contributed by atoms with E-state index in [1.807, 2.05) is 6.07 Å². The number of anilines is 1. The number of esters is 2. The number of rotatable bonds is 4. The van der Waals surface area contributed by atoms with Crippen LogP contribution < -0.4 is 10.6 Å². The number of carbonyl (C=O) groups excluding carboxylic acids is 2. The number of allylic oxidation sites excluding steroid dienone is 1. The first-order chi connectivity index (χ1) is 16.5. The van der Waals surface area contributed by atoms with Crippen molar-refractivity contribution in [3.05, 3.63) is 85.8 Å². The fourth-order valence-corrected chi connectivity index (χ4v) is 4.65. The molecule has 7 nitrogen and oxygen atoms in total. The van der Waals surface area contributed by atoms with E-state index in [9.17, 15) is 28.0 Å². The third-order valence-corrected chi connectivity index (χ3v) is 5.91. The van der Waals surface area contributed by atoms with Gasteiger partial charge >= 0.3 is 18.1 Å². The predicted octanol–water partition coefficient (Wildman–Crippen LogP) is 5.02. The van der Waals surface area contributed by atoms with Gasteiger partial charge in [-0.25, -0.2) is 9.59 Å². The number of nitrogens with zero attached hydrogens (tertiary/aromatic N) is 2. The number of alkyl halides is 3. The second-order valence-corrected chi connectivity index (χ2v) is 8.44. The fourth-order valence-electron chi connectivity index (χ4n) is 3.75. The highest BCUT2D eigenvalue weighted by Gasteiger charge is 2.46. The number of nitriles is 1. The molecular formula is C23H16BrClF3N3O4. The smallest absolute Gasteiger partial charge is 0.418 e. The Morgan fingerprint density at radius 3 is 2.26 bits per heavy atom. The maximum absolute atomic E-state index is 14.1. The molecule has 0 fully saturated rings. The number of methoxy groups -OCH3 is 2. The van der Waals surface area contributed by atoms with Crippen LogP contribution in [0, 0.1) is 11.3 Å². The van der Waals surface area contributed by atoms with Crippen LogP contribution in [0.4, 0.5) is 18.9 Å². The van der Waals surface area contributed by atoms with Gasteiger partial charge in [-0.2, -0.15) is 18.4 Å². The minimum atomic E-state index is -4.96. The normalized spacial score (nSPS) is 16.2. The highest BCUT2D eigenvalue weighted by atomic mass is 79.9. The van der Waals surface area contributed by atoms with Gasteiger partial charge in [-0.05, 0) is 17.7 Å². The van der Waals surface area contributed by atoms with Gasteiger partial charge in [0.2, 0.25) is 0 Å². The van der Waals surface area contributed by atoms with Crippen LogP contribution in [0.25, 0.3) is 0 Å². The molecule has 1 heterocycles. The summed E-state index contributed by atoms with van der Waals surface area (Å²) >= 11 is 9.21. The van der Waals surface area contributed by atoms with Crippen molar-refractivity contribution >= 4 is 45.2 Å². The van der Waals surface area contributed by atoms with Crippen molar-refractivity contribution in [2.24, 2.45) is 5.73 Å². The van der Waals surface area contributed by atoms with Gasteiger partial charge in [-0.1, -0.05) is 57.9 Å². The van der Waals surface area contributed by atoms with Gasteiger partial charge in [0.1, 0.15) is 11.5 Å².